The molecule has 0 amide bonds. The molecule has 3 heterocycles. The van der Waals surface area contributed by atoms with Gasteiger partial charge in [0.1, 0.15) is 18.0 Å². The van der Waals surface area contributed by atoms with Gasteiger partial charge in [0.15, 0.2) is 0 Å². The fourth-order valence-corrected chi connectivity index (χ4v) is 4.43. The third-order valence-electron chi connectivity index (χ3n) is 5.12. The number of para-hydroxylation sites is 1. The lowest BCUT2D eigenvalue weighted by Gasteiger charge is -2.07. The Labute approximate surface area is 180 Å². The Bertz CT molecular complexity index is 1430. The van der Waals surface area contributed by atoms with Crippen LogP contribution in [0.25, 0.3) is 32.4 Å². The van der Waals surface area contributed by atoms with E-state index in [2.05, 4.69) is 20.3 Å². The molecule has 0 spiro atoms. The summed E-state index contributed by atoms with van der Waals surface area (Å²) in [5.74, 6) is -0.535. The number of halogens is 1. The Morgan fingerprint density at radius 2 is 2.03 bits per heavy atom. The summed E-state index contributed by atoms with van der Waals surface area (Å²) in [4.78, 5) is 23.2. The van der Waals surface area contributed by atoms with Crippen LogP contribution in [0.2, 0.25) is 0 Å². The maximum absolute atomic E-state index is 14.2. The second kappa shape index (κ2) is 7.81. The van der Waals surface area contributed by atoms with Gasteiger partial charge in [-0.2, -0.15) is 0 Å². The van der Waals surface area contributed by atoms with Gasteiger partial charge >= 0.3 is 5.97 Å². The Morgan fingerprint density at radius 3 is 2.90 bits per heavy atom. The van der Waals surface area contributed by atoms with E-state index in [1.54, 1.807) is 24.3 Å². The van der Waals surface area contributed by atoms with Crippen LogP contribution < -0.4 is 5.32 Å². The van der Waals surface area contributed by atoms with E-state index in [1.165, 1.54) is 17.7 Å². The zero-order valence-corrected chi connectivity index (χ0v) is 17.0. The molecule has 3 aromatic heterocycles. The first-order valence-electron chi connectivity index (χ1n) is 9.65. The smallest absolute Gasteiger partial charge is 0.337 e. The minimum Gasteiger partial charge on any atom is -0.478 e. The number of thiophene rings is 1. The molecule has 3 N–H and O–H groups in total. The summed E-state index contributed by atoms with van der Waals surface area (Å²) in [6.45, 7) is 0.585. The number of aromatic nitrogens is 3. The zero-order valence-electron chi connectivity index (χ0n) is 16.2. The lowest BCUT2D eigenvalue weighted by atomic mass is 10.1. The summed E-state index contributed by atoms with van der Waals surface area (Å²) in [5.41, 5.74) is 3.05. The number of nitrogens with zero attached hydrogens (tertiary/aromatic N) is 2. The molecule has 0 aliphatic rings. The Morgan fingerprint density at radius 1 is 1.13 bits per heavy atom. The van der Waals surface area contributed by atoms with E-state index in [-0.39, 0.29) is 11.4 Å². The Kier molecular flexibility index (Phi) is 4.83. The predicted octanol–water partition coefficient (Wildman–Crippen LogP) is 5.33. The number of rotatable bonds is 6. The lowest BCUT2D eigenvalue weighted by molar-refractivity contribution is 0.0699. The standard InChI is InChI=1S/C23H17FN4O2S/c24-17-9-13(8-15-5-7-31-22(15)17)4-6-25-20-11-18(26-12-27-20)19-10-14-2-1-3-16(23(29)30)21(14)28-19/h1-3,5,7-12,28H,4,6H2,(H,29,30)(H,25,26,27). The summed E-state index contributed by atoms with van der Waals surface area (Å²) < 4.78 is 14.8. The minimum atomic E-state index is -0.985. The lowest BCUT2D eigenvalue weighted by Crippen LogP contribution is -2.07. The average molecular weight is 432 g/mol. The molecule has 154 valence electrons. The Balaban J connectivity index is 1.34. The molecule has 0 radical (unpaired) electrons. The van der Waals surface area contributed by atoms with Gasteiger partial charge < -0.3 is 15.4 Å². The van der Waals surface area contributed by atoms with Crippen molar-refractivity contribution in [2.75, 3.05) is 11.9 Å². The average Bonchev–Trinajstić information content (AvgIpc) is 3.41. The molecule has 31 heavy (non-hydrogen) atoms. The van der Waals surface area contributed by atoms with Crippen LogP contribution in [-0.2, 0) is 6.42 Å². The van der Waals surface area contributed by atoms with Gasteiger partial charge in [-0.1, -0.05) is 18.2 Å². The number of hydrogen-bond acceptors (Lipinski definition) is 5. The van der Waals surface area contributed by atoms with E-state index in [9.17, 15) is 14.3 Å². The second-order valence-electron chi connectivity index (χ2n) is 7.14. The van der Waals surface area contributed by atoms with Crippen molar-refractivity contribution < 1.29 is 14.3 Å². The highest BCUT2D eigenvalue weighted by molar-refractivity contribution is 7.17. The molecule has 0 atom stereocenters. The van der Waals surface area contributed by atoms with Gasteiger partial charge in [-0.3, -0.25) is 0 Å². The van der Waals surface area contributed by atoms with Gasteiger partial charge in [-0.05, 0) is 47.0 Å². The maximum atomic E-state index is 14.2. The van der Waals surface area contributed by atoms with Crippen LogP contribution in [0, 0.1) is 5.82 Å². The van der Waals surface area contributed by atoms with Gasteiger partial charge in [0.2, 0.25) is 0 Å². The molecule has 5 rings (SSSR count). The minimum absolute atomic E-state index is 0.189. The first-order chi connectivity index (χ1) is 15.1. The number of aromatic amines is 1. The van der Waals surface area contributed by atoms with Gasteiger partial charge in [-0.15, -0.1) is 11.3 Å². The number of aromatic carboxylic acids is 1. The van der Waals surface area contributed by atoms with E-state index in [0.29, 0.717) is 40.4 Å². The first kappa shape index (κ1) is 19.2. The van der Waals surface area contributed by atoms with Crippen LogP contribution in [0.1, 0.15) is 15.9 Å². The summed E-state index contributed by atoms with van der Waals surface area (Å²) in [5, 5.41) is 16.2. The second-order valence-corrected chi connectivity index (χ2v) is 8.06. The molecule has 0 unspecified atom stereocenters. The molecule has 0 bridgehead atoms. The third-order valence-corrected chi connectivity index (χ3v) is 6.05. The molecule has 8 heteroatoms. The first-order valence-corrected chi connectivity index (χ1v) is 10.5. The van der Waals surface area contributed by atoms with Gasteiger partial charge in [0.25, 0.3) is 0 Å². The van der Waals surface area contributed by atoms with Crippen LogP contribution in [0.15, 0.2) is 60.2 Å². The summed E-state index contributed by atoms with van der Waals surface area (Å²) >= 11 is 1.40. The Hall–Kier alpha value is -3.78. The number of nitrogens with one attached hydrogen (secondary N) is 2. The number of fused-ring (bicyclic) bond motifs is 2. The fourth-order valence-electron chi connectivity index (χ4n) is 3.65. The SMILES string of the molecule is O=C(O)c1cccc2cc(-c3cc(NCCc4cc(F)c5sccc5c4)ncn3)[nH]c12. The van der Waals surface area contributed by atoms with Crippen LogP contribution in [0.5, 0.6) is 0 Å². The predicted molar refractivity (Wildman–Crippen MR) is 120 cm³/mol. The molecule has 0 saturated carbocycles. The number of carbonyl (C=O) groups is 1. The molecule has 0 aliphatic carbocycles. The molecule has 6 nitrogen and oxygen atoms in total. The number of benzene rings is 2. The van der Waals surface area contributed by atoms with Gasteiger partial charge in [0.05, 0.1) is 27.2 Å². The number of carboxylic acid groups (broad SMARTS) is 1. The highest BCUT2D eigenvalue weighted by Crippen LogP contribution is 2.27. The number of hydrogen-bond donors (Lipinski definition) is 3. The van der Waals surface area contributed by atoms with Crippen molar-refractivity contribution in [2.24, 2.45) is 0 Å². The van der Waals surface area contributed by atoms with Gasteiger partial charge in [0, 0.05) is 18.0 Å². The number of anilines is 1. The molecular weight excluding hydrogens is 415 g/mol. The zero-order chi connectivity index (χ0) is 21.4. The maximum Gasteiger partial charge on any atom is 0.337 e. The van der Waals surface area contributed by atoms with Crippen LogP contribution in [0.4, 0.5) is 10.2 Å². The summed E-state index contributed by atoms with van der Waals surface area (Å²) in [6.07, 6.45) is 2.11. The van der Waals surface area contributed by atoms with Crippen molar-refractivity contribution in [1.29, 1.82) is 0 Å². The topological polar surface area (TPSA) is 90.9 Å². The fraction of sp³-hybridized carbons (Fsp3) is 0.0870. The van der Waals surface area contributed by atoms with Crippen molar-refractivity contribution in [3.8, 4) is 11.4 Å². The van der Waals surface area contributed by atoms with Crippen molar-refractivity contribution in [2.45, 2.75) is 6.42 Å². The van der Waals surface area contributed by atoms with Crippen molar-refractivity contribution in [3.05, 3.63) is 77.2 Å². The highest BCUT2D eigenvalue weighted by atomic mass is 32.1. The molecule has 0 fully saturated rings. The van der Waals surface area contributed by atoms with Crippen LogP contribution >= 0.6 is 11.3 Å². The van der Waals surface area contributed by atoms with Crippen molar-refractivity contribution >= 4 is 44.1 Å². The third kappa shape index (κ3) is 3.73. The van der Waals surface area contributed by atoms with Gasteiger partial charge in [-0.25, -0.2) is 19.2 Å². The number of H-pyrrole nitrogens is 1. The quantitative estimate of drug-likeness (QED) is 0.337. The van der Waals surface area contributed by atoms with E-state index in [4.69, 9.17) is 0 Å². The molecular formula is C23H17FN4O2S. The largest absolute Gasteiger partial charge is 0.478 e. The molecule has 0 saturated heterocycles. The molecule has 0 aliphatic heterocycles. The van der Waals surface area contributed by atoms with E-state index >= 15 is 0 Å². The van der Waals surface area contributed by atoms with Crippen molar-refractivity contribution in [1.82, 2.24) is 15.0 Å². The molecule has 5 aromatic rings. The summed E-state index contributed by atoms with van der Waals surface area (Å²) in [7, 11) is 0. The van der Waals surface area contributed by atoms with Crippen LogP contribution in [0.3, 0.4) is 0 Å². The molecule has 2 aromatic carbocycles. The highest BCUT2D eigenvalue weighted by Gasteiger charge is 2.13. The van der Waals surface area contributed by atoms with Crippen molar-refractivity contribution in [3.63, 3.8) is 0 Å². The van der Waals surface area contributed by atoms with E-state index in [1.807, 2.05) is 29.6 Å². The van der Waals surface area contributed by atoms with Crippen LogP contribution in [-0.4, -0.2) is 32.6 Å². The monoisotopic (exact) mass is 432 g/mol. The van der Waals surface area contributed by atoms with E-state index < -0.39 is 5.97 Å². The van der Waals surface area contributed by atoms with E-state index in [0.717, 1.165) is 16.3 Å². The normalized spacial score (nSPS) is 11.3. The number of carboxylic acids is 1. The summed E-state index contributed by atoms with van der Waals surface area (Å²) in [6, 6.07) is 14.3.